The largest absolute Gasteiger partial charge is 0.573 e. The number of fused-ring (bicyclic) bond motifs is 1. The van der Waals surface area contributed by atoms with Gasteiger partial charge in [-0.1, -0.05) is 18.7 Å². The maximum absolute atomic E-state index is 13.3. The molecule has 7 nitrogen and oxygen atoms in total. The number of carbonyl (C=O) groups is 1. The van der Waals surface area contributed by atoms with Gasteiger partial charge in [-0.3, -0.25) is 14.2 Å². The van der Waals surface area contributed by atoms with Gasteiger partial charge in [0, 0.05) is 17.4 Å². The first kappa shape index (κ1) is 25.0. The minimum atomic E-state index is -4.79. The van der Waals surface area contributed by atoms with Crippen molar-refractivity contribution in [1.29, 1.82) is 0 Å². The molecule has 2 aromatic carbocycles. The Morgan fingerprint density at radius 3 is 2.46 bits per heavy atom. The summed E-state index contributed by atoms with van der Waals surface area (Å²) in [7, 11) is 1.55. The molecule has 0 fully saturated rings. The molecule has 0 aliphatic carbocycles. The highest BCUT2D eigenvalue weighted by molar-refractivity contribution is 8.00. The lowest BCUT2D eigenvalue weighted by atomic mass is 10.2. The molecule has 1 atom stereocenters. The van der Waals surface area contributed by atoms with Gasteiger partial charge in [-0.25, -0.2) is 4.98 Å². The van der Waals surface area contributed by atoms with E-state index < -0.39 is 12.3 Å². The molecule has 4 rings (SSSR count). The second-order valence-electron chi connectivity index (χ2n) is 7.55. The number of aromatic nitrogens is 2. The average molecular weight is 524 g/mol. The molecule has 1 N–H and O–H groups in total. The SMILES string of the molecule is COc1ccc(-n2c(SCC(=O)Nc3ccc(OC(F)(F)F)cc3)nc3c(c2=O)SC(C)C3)cc1. The first-order valence-electron chi connectivity index (χ1n) is 10.4. The normalized spacial score (nSPS) is 14.9. The van der Waals surface area contributed by atoms with Gasteiger partial charge in [0.2, 0.25) is 5.91 Å². The lowest BCUT2D eigenvalue weighted by molar-refractivity contribution is -0.274. The summed E-state index contributed by atoms with van der Waals surface area (Å²) in [4.78, 5) is 31.1. The van der Waals surface area contributed by atoms with Crippen LogP contribution < -0.4 is 20.3 Å². The second-order valence-corrected chi connectivity index (χ2v) is 9.94. The molecule has 0 saturated heterocycles. The number of halogens is 3. The quantitative estimate of drug-likeness (QED) is 0.348. The van der Waals surface area contributed by atoms with Crippen molar-refractivity contribution in [3.8, 4) is 17.2 Å². The first-order valence-corrected chi connectivity index (χ1v) is 12.2. The van der Waals surface area contributed by atoms with E-state index in [2.05, 4.69) is 15.0 Å². The Morgan fingerprint density at radius 1 is 1.17 bits per heavy atom. The van der Waals surface area contributed by atoms with Crippen LogP contribution >= 0.6 is 23.5 Å². The van der Waals surface area contributed by atoms with Gasteiger partial charge < -0.3 is 14.8 Å². The van der Waals surface area contributed by atoms with E-state index in [-0.39, 0.29) is 22.3 Å². The van der Waals surface area contributed by atoms with E-state index >= 15 is 0 Å². The zero-order valence-electron chi connectivity index (χ0n) is 18.6. The molecule has 0 radical (unpaired) electrons. The number of rotatable bonds is 7. The summed E-state index contributed by atoms with van der Waals surface area (Å²) in [6.07, 6.45) is -4.13. The highest BCUT2D eigenvalue weighted by Crippen LogP contribution is 2.35. The summed E-state index contributed by atoms with van der Waals surface area (Å²) in [5.41, 5.74) is 1.41. The van der Waals surface area contributed by atoms with Crippen LogP contribution in [0.15, 0.2) is 63.4 Å². The van der Waals surface area contributed by atoms with Crippen LogP contribution in [0.2, 0.25) is 0 Å². The van der Waals surface area contributed by atoms with E-state index in [0.717, 1.165) is 23.9 Å². The van der Waals surface area contributed by atoms with Gasteiger partial charge in [0.15, 0.2) is 5.16 Å². The fraction of sp³-hybridized carbons (Fsp3) is 0.261. The van der Waals surface area contributed by atoms with E-state index in [1.807, 2.05) is 6.92 Å². The summed E-state index contributed by atoms with van der Waals surface area (Å²) in [6, 6.07) is 11.8. The van der Waals surface area contributed by atoms with Crippen LogP contribution in [0.4, 0.5) is 18.9 Å². The standard InChI is InChI=1S/C23H20F3N3O4S2/c1-13-11-18-20(35-13)21(31)29(15-5-9-16(32-2)10-6-15)22(28-18)34-12-19(30)27-14-3-7-17(8-4-14)33-23(24,25)26/h3-10,13H,11-12H2,1-2H3,(H,27,30). The molecule has 35 heavy (non-hydrogen) atoms. The number of alkyl halides is 3. The molecule has 184 valence electrons. The van der Waals surface area contributed by atoms with E-state index in [0.29, 0.717) is 39.3 Å². The maximum Gasteiger partial charge on any atom is 0.573 e. The van der Waals surface area contributed by atoms with Crippen LogP contribution in [-0.4, -0.2) is 39.9 Å². The third-order valence-electron chi connectivity index (χ3n) is 4.92. The van der Waals surface area contributed by atoms with Gasteiger partial charge in [-0.15, -0.1) is 24.9 Å². The number of methoxy groups -OCH3 is 1. The maximum atomic E-state index is 13.3. The van der Waals surface area contributed by atoms with Crippen LogP contribution in [0.5, 0.6) is 11.5 Å². The Balaban J connectivity index is 1.52. The number of ether oxygens (including phenoxy) is 2. The zero-order chi connectivity index (χ0) is 25.2. The van der Waals surface area contributed by atoms with Crippen molar-refractivity contribution < 1.29 is 27.4 Å². The number of hydrogen-bond acceptors (Lipinski definition) is 7. The van der Waals surface area contributed by atoms with Gasteiger partial charge in [0.25, 0.3) is 5.56 Å². The predicted molar refractivity (Wildman–Crippen MR) is 128 cm³/mol. The van der Waals surface area contributed by atoms with Gasteiger partial charge in [-0.2, -0.15) is 0 Å². The van der Waals surface area contributed by atoms with Crippen molar-refractivity contribution >= 4 is 35.1 Å². The molecule has 1 amide bonds. The number of hydrogen-bond donors (Lipinski definition) is 1. The fourth-order valence-corrected chi connectivity index (χ4v) is 5.35. The Bertz CT molecular complexity index is 1280. The van der Waals surface area contributed by atoms with E-state index in [1.165, 1.54) is 28.5 Å². The van der Waals surface area contributed by atoms with Crippen LogP contribution in [0.25, 0.3) is 5.69 Å². The number of anilines is 1. The van der Waals surface area contributed by atoms with Crippen molar-refractivity contribution in [2.45, 2.75) is 35.0 Å². The Labute approximate surface area is 207 Å². The molecule has 1 aliphatic heterocycles. The van der Waals surface area contributed by atoms with Gasteiger partial charge in [0.05, 0.1) is 29.1 Å². The predicted octanol–water partition coefficient (Wildman–Crippen LogP) is 4.91. The molecule has 0 spiro atoms. The number of thioether (sulfide) groups is 2. The van der Waals surface area contributed by atoms with Gasteiger partial charge in [0.1, 0.15) is 11.5 Å². The molecular weight excluding hydrogens is 503 g/mol. The Hall–Kier alpha value is -3.12. The molecule has 1 unspecified atom stereocenters. The van der Waals surface area contributed by atoms with Crippen LogP contribution in [0, 0.1) is 0 Å². The monoisotopic (exact) mass is 523 g/mol. The molecule has 0 bridgehead atoms. The molecule has 3 aromatic rings. The highest BCUT2D eigenvalue weighted by Gasteiger charge is 2.31. The molecule has 0 saturated carbocycles. The van der Waals surface area contributed by atoms with E-state index in [9.17, 15) is 22.8 Å². The number of nitrogens with one attached hydrogen (secondary N) is 1. The molecule has 12 heteroatoms. The van der Waals surface area contributed by atoms with Gasteiger partial charge >= 0.3 is 6.36 Å². The average Bonchev–Trinajstić information content (AvgIpc) is 3.19. The summed E-state index contributed by atoms with van der Waals surface area (Å²) in [6.45, 7) is 2.02. The lowest BCUT2D eigenvalue weighted by Gasteiger charge is -2.14. The Morgan fingerprint density at radius 2 is 1.83 bits per heavy atom. The minimum absolute atomic E-state index is 0.0646. The van der Waals surface area contributed by atoms with E-state index in [1.54, 1.807) is 31.4 Å². The van der Waals surface area contributed by atoms with Crippen LogP contribution in [-0.2, 0) is 11.2 Å². The topological polar surface area (TPSA) is 82.4 Å². The first-order chi connectivity index (χ1) is 16.6. The van der Waals surface area contributed by atoms with Crippen LogP contribution in [0.3, 0.4) is 0 Å². The fourth-order valence-electron chi connectivity index (χ4n) is 3.42. The number of carbonyl (C=O) groups excluding carboxylic acids is 1. The van der Waals surface area contributed by atoms with Crippen molar-refractivity contribution in [2.75, 3.05) is 18.2 Å². The zero-order valence-corrected chi connectivity index (χ0v) is 20.2. The smallest absolute Gasteiger partial charge is 0.497 e. The van der Waals surface area contributed by atoms with Crippen molar-refractivity contribution in [3.05, 3.63) is 64.6 Å². The minimum Gasteiger partial charge on any atom is -0.497 e. The molecule has 2 heterocycles. The summed E-state index contributed by atoms with van der Waals surface area (Å²) < 4.78 is 47.4. The number of benzene rings is 2. The lowest BCUT2D eigenvalue weighted by Crippen LogP contribution is -2.24. The van der Waals surface area contributed by atoms with E-state index in [4.69, 9.17) is 4.74 Å². The van der Waals surface area contributed by atoms with Crippen LogP contribution in [0.1, 0.15) is 12.6 Å². The summed E-state index contributed by atoms with van der Waals surface area (Å²) >= 11 is 2.58. The van der Waals surface area contributed by atoms with Gasteiger partial charge in [-0.05, 0) is 48.5 Å². The molecular formula is C23H20F3N3O4S2. The highest BCUT2D eigenvalue weighted by atomic mass is 32.2. The van der Waals surface area contributed by atoms with Crippen molar-refractivity contribution in [2.24, 2.45) is 0 Å². The van der Waals surface area contributed by atoms with Crippen molar-refractivity contribution in [1.82, 2.24) is 9.55 Å². The number of nitrogens with zero attached hydrogens (tertiary/aromatic N) is 2. The molecule has 1 aromatic heterocycles. The second kappa shape index (κ2) is 10.2. The van der Waals surface area contributed by atoms with Crippen molar-refractivity contribution in [3.63, 3.8) is 0 Å². The molecule has 1 aliphatic rings. The third kappa shape index (κ3) is 6.12. The third-order valence-corrected chi connectivity index (χ3v) is 7.07. The summed E-state index contributed by atoms with van der Waals surface area (Å²) in [5.74, 6) is -0.217. The summed E-state index contributed by atoms with van der Waals surface area (Å²) in [5, 5.41) is 3.22. The Kier molecular flexibility index (Phi) is 7.31. The number of amides is 1.